The molecule has 0 aromatic heterocycles. The van der Waals surface area contributed by atoms with Crippen LogP contribution in [-0.4, -0.2) is 60.4 Å². The number of amides is 1. The molecule has 1 amide bonds. The highest BCUT2D eigenvalue weighted by molar-refractivity contribution is 7.92. The summed E-state index contributed by atoms with van der Waals surface area (Å²) in [6.45, 7) is 2.85. The molecule has 0 aliphatic carbocycles. The summed E-state index contributed by atoms with van der Waals surface area (Å²) in [7, 11) is -2.44. The first-order valence-electron chi connectivity index (χ1n) is 11.6. The SMILES string of the molecule is COc1ccc(S(=O)(=O)N2CC(C(=O)Nc3ccc(N4CCOCC4)cc3)Oc3ccccc32)cc1. The van der Waals surface area contributed by atoms with E-state index in [1.54, 1.807) is 36.4 Å². The summed E-state index contributed by atoms with van der Waals surface area (Å²) < 4.78 is 44.8. The van der Waals surface area contributed by atoms with Crippen molar-refractivity contribution in [1.82, 2.24) is 0 Å². The molecule has 5 rings (SSSR count). The normalized spacial score (nSPS) is 17.6. The summed E-state index contributed by atoms with van der Waals surface area (Å²) in [5.41, 5.74) is 2.03. The van der Waals surface area contributed by atoms with Crippen LogP contribution in [0.5, 0.6) is 11.5 Å². The van der Waals surface area contributed by atoms with E-state index in [-0.39, 0.29) is 11.4 Å². The third-order valence-corrected chi connectivity index (χ3v) is 7.98. The van der Waals surface area contributed by atoms with Crippen LogP contribution in [0.15, 0.2) is 77.7 Å². The summed E-state index contributed by atoms with van der Waals surface area (Å²) in [5.74, 6) is 0.440. The number of carbonyl (C=O) groups is 1. The van der Waals surface area contributed by atoms with Gasteiger partial charge in [0.2, 0.25) is 0 Å². The third kappa shape index (κ3) is 4.82. The van der Waals surface area contributed by atoms with Crippen molar-refractivity contribution in [3.63, 3.8) is 0 Å². The first-order valence-corrected chi connectivity index (χ1v) is 13.1. The van der Waals surface area contributed by atoms with E-state index in [1.807, 2.05) is 24.3 Å². The van der Waals surface area contributed by atoms with Gasteiger partial charge in [-0.05, 0) is 60.7 Å². The molecule has 188 valence electrons. The van der Waals surface area contributed by atoms with E-state index < -0.39 is 22.0 Å². The quantitative estimate of drug-likeness (QED) is 0.545. The van der Waals surface area contributed by atoms with Gasteiger partial charge in [0.1, 0.15) is 11.5 Å². The number of nitrogens with one attached hydrogen (secondary N) is 1. The van der Waals surface area contributed by atoms with E-state index in [0.717, 1.165) is 18.8 Å². The van der Waals surface area contributed by atoms with Crippen molar-refractivity contribution < 1.29 is 27.4 Å². The van der Waals surface area contributed by atoms with Crippen LogP contribution in [0.1, 0.15) is 0 Å². The molecule has 1 saturated heterocycles. The van der Waals surface area contributed by atoms with Crippen LogP contribution in [-0.2, 0) is 19.6 Å². The number of carbonyl (C=O) groups excluding carboxylic acids is 1. The molecule has 2 heterocycles. The molecule has 9 nitrogen and oxygen atoms in total. The molecular weight excluding hydrogens is 482 g/mol. The number of fused-ring (bicyclic) bond motifs is 1. The molecule has 36 heavy (non-hydrogen) atoms. The van der Waals surface area contributed by atoms with Gasteiger partial charge < -0.3 is 24.4 Å². The third-order valence-electron chi connectivity index (χ3n) is 6.19. The average Bonchev–Trinajstić information content (AvgIpc) is 2.93. The van der Waals surface area contributed by atoms with Gasteiger partial charge in [0.15, 0.2) is 6.10 Å². The van der Waals surface area contributed by atoms with Crippen LogP contribution < -0.4 is 24.0 Å². The van der Waals surface area contributed by atoms with Crippen molar-refractivity contribution in [2.45, 2.75) is 11.0 Å². The van der Waals surface area contributed by atoms with Crippen molar-refractivity contribution in [1.29, 1.82) is 0 Å². The smallest absolute Gasteiger partial charge is 0.267 e. The Labute approximate surface area is 210 Å². The summed E-state index contributed by atoms with van der Waals surface area (Å²) in [6, 6.07) is 20.5. The second-order valence-corrected chi connectivity index (χ2v) is 10.3. The molecule has 0 saturated carbocycles. The van der Waals surface area contributed by atoms with Crippen molar-refractivity contribution in [3.8, 4) is 11.5 Å². The lowest BCUT2D eigenvalue weighted by Crippen LogP contribution is -2.48. The van der Waals surface area contributed by atoms with Crippen LogP contribution in [0.4, 0.5) is 17.1 Å². The highest BCUT2D eigenvalue weighted by Gasteiger charge is 2.37. The maximum Gasteiger partial charge on any atom is 0.267 e. The second-order valence-electron chi connectivity index (χ2n) is 8.42. The van der Waals surface area contributed by atoms with Crippen LogP contribution in [0, 0.1) is 0 Å². The maximum atomic E-state index is 13.5. The number of anilines is 3. The van der Waals surface area contributed by atoms with Gasteiger partial charge in [-0.25, -0.2) is 8.42 Å². The highest BCUT2D eigenvalue weighted by atomic mass is 32.2. The van der Waals surface area contributed by atoms with Crippen molar-refractivity contribution in [3.05, 3.63) is 72.8 Å². The molecule has 1 N–H and O–H groups in total. The number of morpholine rings is 1. The van der Waals surface area contributed by atoms with Gasteiger partial charge in [-0.15, -0.1) is 0 Å². The lowest BCUT2D eigenvalue weighted by molar-refractivity contribution is -0.122. The van der Waals surface area contributed by atoms with Gasteiger partial charge in [0.25, 0.3) is 15.9 Å². The molecule has 2 aliphatic heterocycles. The predicted octanol–water partition coefficient (Wildman–Crippen LogP) is 3.13. The number of rotatable bonds is 6. The summed E-state index contributed by atoms with van der Waals surface area (Å²) >= 11 is 0. The number of benzene rings is 3. The van der Waals surface area contributed by atoms with Gasteiger partial charge in [0, 0.05) is 24.5 Å². The number of para-hydroxylation sites is 2. The molecule has 2 aliphatic rings. The molecule has 10 heteroatoms. The Balaban J connectivity index is 1.35. The molecule has 1 unspecified atom stereocenters. The van der Waals surface area contributed by atoms with Gasteiger partial charge in [-0.2, -0.15) is 0 Å². The summed E-state index contributed by atoms with van der Waals surface area (Å²) in [4.78, 5) is 15.5. The molecule has 1 fully saturated rings. The molecule has 3 aromatic rings. The Hall–Kier alpha value is -3.76. The zero-order valence-corrected chi connectivity index (χ0v) is 20.6. The van der Waals surface area contributed by atoms with E-state index in [2.05, 4.69) is 10.2 Å². The number of ether oxygens (including phenoxy) is 3. The highest BCUT2D eigenvalue weighted by Crippen LogP contribution is 2.37. The van der Waals surface area contributed by atoms with Crippen molar-refractivity contribution in [2.75, 3.05) is 54.5 Å². The Morgan fingerprint density at radius 2 is 1.67 bits per heavy atom. The van der Waals surface area contributed by atoms with Crippen LogP contribution in [0.25, 0.3) is 0 Å². The number of methoxy groups -OCH3 is 1. The predicted molar refractivity (Wildman–Crippen MR) is 136 cm³/mol. The van der Waals surface area contributed by atoms with Gasteiger partial charge in [-0.3, -0.25) is 9.10 Å². The molecule has 0 radical (unpaired) electrons. The van der Waals surface area contributed by atoms with E-state index in [4.69, 9.17) is 14.2 Å². The van der Waals surface area contributed by atoms with E-state index in [9.17, 15) is 13.2 Å². The number of sulfonamides is 1. The minimum Gasteiger partial charge on any atom is -0.497 e. The number of hydrogen-bond donors (Lipinski definition) is 1. The zero-order chi connectivity index (χ0) is 25.1. The maximum absolute atomic E-state index is 13.5. The monoisotopic (exact) mass is 509 g/mol. The van der Waals surface area contributed by atoms with Crippen molar-refractivity contribution >= 4 is 33.0 Å². The van der Waals surface area contributed by atoms with E-state index >= 15 is 0 Å². The summed E-state index contributed by atoms with van der Waals surface area (Å²) in [5, 5.41) is 2.85. The Morgan fingerprint density at radius 1 is 0.972 bits per heavy atom. The number of hydrogen-bond acceptors (Lipinski definition) is 7. The zero-order valence-electron chi connectivity index (χ0n) is 19.8. The Morgan fingerprint density at radius 3 is 2.36 bits per heavy atom. The molecule has 0 bridgehead atoms. The van der Waals surface area contributed by atoms with E-state index in [0.29, 0.717) is 36.1 Å². The van der Waals surface area contributed by atoms with E-state index in [1.165, 1.54) is 23.5 Å². The molecule has 1 atom stereocenters. The largest absolute Gasteiger partial charge is 0.497 e. The first-order chi connectivity index (χ1) is 17.5. The fourth-order valence-electron chi connectivity index (χ4n) is 4.24. The fraction of sp³-hybridized carbons (Fsp3) is 0.269. The first kappa shape index (κ1) is 24.0. The van der Waals surface area contributed by atoms with Crippen LogP contribution in [0.3, 0.4) is 0 Å². The lowest BCUT2D eigenvalue weighted by Gasteiger charge is -2.34. The van der Waals surface area contributed by atoms with Crippen LogP contribution in [0.2, 0.25) is 0 Å². The Bertz CT molecular complexity index is 1320. The standard InChI is InChI=1S/C26H27N3O6S/c1-33-21-10-12-22(13-11-21)36(31,32)29-18-25(35-24-5-3-2-4-23(24)29)26(30)27-19-6-8-20(9-7-19)28-14-16-34-17-15-28/h2-13,25H,14-18H2,1H3,(H,27,30). The topological polar surface area (TPSA) is 97.4 Å². The molecular formula is C26H27N3O6S. The lowest BCUT2D eigenvalue weighted by atomic mass is 10.2. The minimum absolute atomic E-state index is 0.0952. The van der Waals surface area contributed by atoms with Gasteiger partial charge in [-0.1, -0.05) is 12.1 Å². The average molecular weight is 510 g/mol. The Kier molecular flexibility index (Phi) is 6.71. The number of nitrogens with zero attached hydrogens (tertiary/aromatic N) is 2. The second kappa shape index (κ2) is 10.1. The van der Waals surface area contributed by atoms with Crippen molar-refractivity contribution in [2.24, 2.45) is 0 Å². The van der Waals surface area contributed by atoms with Crippen LogP contribution >= 0.6 is 0 Å². The molecule has 3 aromatic carbocycles. The minimum atomic E-state index is -3.96. The van der Waals surface area contributed by atoms with Gasteiger partial charge >= 0.3 is 0 Å². The van der Waals surface area contributed by atoms with Gasteiger partial charge in [0.05, 0.1) is 37.5 Å². The molecule has 0 spiro atoms. The summed E-state index contributed by atoms with van der Waals surface area (Å²) in [6.07, 6.45) is -1.04. The fourth-order valence-corrected chi connectivity index (χ4v) is 5.72.